The second kappa shape index (κ2) is 5.86. The molecule has 1 aliphatic rings. The first-order valence-electron chi connectivity index (χ1n) is 6.36. The summed E-state index contributed by atoms with van der Waals surface area (Å²) < 4.78 is 5.17. The van der Waals surface area contributed by atoms with E-state index in [1.54, 1.807) is 0 Å². The van der Waals surface area contributed by atoms with E-state index in [4.69, 9.17) is 10.5 Å². The Kier molecular flexibility index (Phi) is 4.19. The highest BCUT2D eigenvalue weighted by atomic mass is 16.5. The van der Waals surface area contributed by atoms with Crippen molar-refractivity contribution in [1.82, 2.24) is 9.97 Å². The largest absolute Gasteiger partial charge is 0.489 e. The molecule has 0 amide bonds. The summed E-state index contributed by atoms with van der Waals surface area (Å²) in [5, 5.41) is 0. The molecule has 3 N–H and O–H groups in total. The maximum absolute atomic E-state index is 11.7. The summed E-state index contributed by atoms with van der Waals surface area (Å²) in [6.07, 6.45) is 5.91. The van der Waals surface area contributed by atoms with E-state index in [-0.39, 0.29) is 17.4 Å². The average Bonchev–Trinajstić information content (AvgIpc) is 2.63. The van der Waals surface area contributed by atoms with Crippen LogP contribution in [0, 0.1) is 0 Å². The second-order valence-electron chi connectivity index (χ2n) is 4.52. The van der Waals surface area contributed by atoms with Crippen molar-refractivity contribution in [2.45, 2.75) is 31.7 Å². The van der Waals surface area contributed by atoms with Gasteiger partial charge in [-0.1, -0.05) is 12.8 Å². The lowest BCUT2D eigenvalue weighted by molar-refractivity contribution is 0.403. The van der Waals surface area contributed by atoms with Gasteiger partial charge in [0.05, 0.1) is 13.4 Å². The molecule has 0 radical (unpaired) electrons. The normalized spacial score (nSPS) is 20.6. The summed E-state index contributed by atoms with van der Waals surface area (Å²) in [5.74, 6) is 0.886. The van der Waals surface area contributed by atoms with E-state index in [2.05, 4.69) is 14.9 Å². The van der Waals surface area contributed by atoms with Crippen LogP contribution in [0.15, 0.2) is 11.1 Å². The van der Waals surface area contributed by atoms with Crippen LogP contribution in [0.4, 0.5) is 5.82 Å². The van der Waals surface area contributed by atoms with Crippen molar-refractivity contribution in [3.63, 3.8) is 0 Å². The molecule has 6 nitrogen and oxygen atoms in total. The number of nitrogens with two attached hydrogens (primary N) is 1. The van der Waals surface area contributed by atoms with Gasteiger partial charge in [0.25, 0.3) is 5.56 Å². The molecule has 1 aliphatic heterocycles. The molecule has 0 aromatic carbocycles. The zero-order chi connectivity index (χ0) is 13.0. The quantitative estimate of drug-likeness (QED) is 0.817. The van der Waals surface area contributed by atoms with E-state index in [1.807, 2.05) is 0 Å². The molecule has 1 aromatic rings. The van der Waals surface area contributed by atoms with Gasteiger partial charge in [-0.2, -0.15) is 0 Å². The minimum atomic E-state index is -0.248. The first-order valence-corrected chi connectivity index (χ1v) is 6.36. The van der Waals surface area contributed by atoms with Crippen LogP contribution < -0.4 is 20.9 Å². The number of nitrogens with one attached hydrogen (secondary N) is 1. The van der Waals surface area contributed by atoms with E-state index < -0.39 is 0 Å². The molecule has 1 fully saturated rings. The minimum Gasteiger partial charge on any atom is -0.489 e. The van der Waals surface area contributed by atoms with E-state index in [1.165, 1.54) is 26.3 Å². The maximum Gasteiger partial charge on any atom is 0.295 e. The van der Waals surface area contributed by atoms with Gasteiger partial charge >= 0.3 is 0 Å². The van der Waals surface area contributed by atoms with Crippen LogP contribution in [0.5, 0.6) is 5.75 Å². The molecule has 6 heteroatoms. The third kappa shape index (κ3) is 2.48. The third-order valence-electron chi connectivity index (χ3n) is 3.42. The lowest BCUT2D eigenvalue weighted by Crippen LogP contribution is -2.41. The standard InChI is InChI=1S/C12H20N4O2/c1-18-10-11(14-8-15-12(10)17)16-6-4-2-3-5-9(16)7-13/h8-9H,2-7,13H2,1H3,(H,14,15,17). The fourth-order valence-corrected chi connectivity index (χ4v) is 2.47. The second-order valence-corrected chi connectivity index (χ2v) is 4.52. The summed E-state index contributed by atoms with van der Waals surface area (Å²) in [6.45, 7) is 1.44. The zero-order valence-corrected chi connectivity index (χ0v) is 10.7. The summed E-state index contributed by atoms with van der Waals surface area (Å²) in [4.78, 5) is 20.6. The van der Waals surface area contributed by atoms with Crippen molar-refractivity contribution in [2.75, 3.05) is 25.1 Å². The van der Waals surface area contributed by atoms with Crippen molar-refractivity contribution < 1.29 is 4.74 Å². The first kappa shape index (κ1) is 12.9. The minimum absolute atomic E-state index is 0.232. The number of hydrogen-bond donors (Lipinski definition) is 2. The van der Waals surface area contributed by atoms with Crippen molar-refractivity contribution in [3.05, 3.63) is 16.7 Å². The number of nitrogens with zero attached hydrogens (tertiary/aromatic N) is 2. The topological polar surface area (TPSA) is 84.2 Å². The third-order valence-corrected chi connectivity index (χ3v) is 3.42. The fraction of sp³-hybridized carbons (Fsp3) is 0.667. The van der Waals surface area contributed by atoms with E-state index >= 15 is 0 Å². The number of methoxy groups -OCH3 is 1. The summed E-state index contributed by atoms with van der Waals surface area (Å²) in [7, 11) is 1.49. The molecule has 1 atom stereocenters. The van der Waals surface area contributed by atoms with E-state index in [0.717, 1.165) is 19.4 Å². The zero-order valence-electron chi connectivity index (χ0n) is 10.7. The number of hydrogen-bond acceptors (Lipinski definition) is 5. The molecule has 0 saturated carbocycles. The van der Waals surface area contributed by atoms with E-state index in [9.17, 15) is 4.79 Å². The van der Waals surface area contributed by atoms with Gasteiger partial charge in [0.15, 0.2) is 5.82 Å². The van der Waals surface area contributed by atoms with Gasteiger partial charge in [-0.25, -0.2) is 4.98 Å². The molecular weight excluding hydrogens is 232 g/mol. The van der Waals surface area contributed by atoms with Gasteiger partial charge in [0.2, 0.25) is 5.75 Å². The van der Waals surface area contributed by atoms with Crippen LogP contribution in [-0.2, 0) is 0 Å². The van der Waals surface area contributed by atoms with Crippen molar-refractivity contribution >= 4 is 5.82 Å². The molecule has 1 saturated heterocycles. The van der Waals surface area contributed by atoms with E-state index in [0.29, 0.717) is 12.4 Å². The van der Waals surface area contributed by atoms with Crippen LogP contribution in [0.2, 0.25) is 0 Å². The Morgan fingerprint density at radius 3 is 3.11 bits per heavy atom. The Balaban J connectivity index is 2.38. The van der Waals surface area contributed by atoms with Crippen molar-refractivity contribution in [1.29, 1.82) is 0 Å². The lowest BCUT2D eigenvalue weighted by atomic mass is 10.1. The van der Waals surface area contributed by atoms with Crippen LogP contribution >= 0.6 is 0 Å². The van der Waals surface area contributed by atoms with Crippen LogP contribution in [0.3, 0.4) is 0 Å². The number of H-pyrrole nitrogens is 1. The summed E-state index contributed by atoms with van der Waals surface area (Å²) in [5.41, 5.74) is 5.59. The van der Waals surface area contributed by atoms with Crippen LogP contribution in [-0.4, -0.2) is 36.2 Å². The monoisotopic (exact) mass is 252 g/mol. The highest BCUT2D eigenvalue weighted by molar-refractivity contribution is 5.51. The lowest BCUT2D eigenvalue weighted by Gasteiger charge is -2.30. The molecule has 0 spiro atoms. The van der Waals surface area contributed by atoms with Gasteiger partial charge < -0.3 is 20.4 Å². The highest BCUT2D eigenvalue weighted by Gasteiger charge is 2.24. The number of aromatic nitrogens is 2. The Morgan fingerprint density at radius 1 is 1.56 bits per heavy atom. The van der Waals surface area contributed by atoms with Gasteiger partial charge in [-0.05, 0) is 12.8 Å². The molecule has 1 unspecified atom stereocenters. The molecular formula is C12H20N4O2. The Morgan fingerprint density at radius 2 is 2.39 bits per heavy atom. The van der Waals surface area contributed by atoms with Gasteiger partial charge in [0, 0.05) is 19.1 Å². The number of rotatable bonds is 3. The SMILES string of the molecule is COc1c(N2CCCCCC2CN)nc[nH]c1=O. The number of anilines is 1. The molecule has 0 aliphatic carbocycles. The Labute approximate surface area is 106 Å². The molecule has 2 rings (SSSR count). The highest BCUT2D eigenvalue weighted by Crippen LogP contribution is 2.26. The Hall–Kier alpha value is -1.56. The van der Waals surface area contributed by atoms with Crippen LogP contribution in [0.1, 0.15) is 25.7 Å². The molecule has 100 valence electrons. The maximum atomic E-state index is 11.7. The predicted octanol–water partition coefficient (Wildman–Crippen LogP) is 0.486. The van der Waals surface area contributed by atoms with Crippen molar-refractivity contribution in [3.8, 4) is 5.75 Å². The smallest absolute Gasteiger partial charge is 0.295 e. The summed E-state index contributed by atoms with van der Waals surface area (Å²) >= 11 is 0. The fourth-order valence-electron chi connectivity index (χ4n) is 2.47. The van der Waals surface area contributed by atoms with Gasteiger partial charge in [-0.15, -0.1) is 0 Å². The van der Waals surface area contributed by atoms with Crippen molar-refractivity contribution in [2.24, 2.45) is 5.73 Å². The molecule has 2 heterocycles. The molecule has 0 bridgehead atoms. The Bertz CT molecular complexity index is 446. The number of aromatic amines is 1. The molecule has 1 aromatic heterocycles. The molecule has 18 heavy (non-hydrogen) atoms. The van der Waals surface area contributed by atoms with Gasteiger partial charge in [-0.3, -0.25) is 4.79 Å². The average molecular weight is 252 g/mol. The first-order chi connectivity index (χ1) is 8.77. The summed E-state index contributed by atoms with van der Waals surface area (Å²) in [6, 6.07) is 0.232. The predicted molar refractivity (Wildman–Crippen MR) is 70.1 cm³/mol. The van der Waals surface area contributed by atoms with Gasteiger partial charge in [0.1, 0.15) is 0 Å². The number of ether oxygens (including phenoxy) is 1. The van der Waals surface area contributed by atoms with Crippen LogP contribution in [0.25, 0.3) is 0 Å².